The first kappa shape index (κ1) is 15.6. The summed E-state index contributed by atoms with van der Waals surface area (Å²) in [6, 6.07) is 1.63. The summed E-state index contributed by atoms with van der Waals surface area (Å²) in [5.74, 6) is 0.224. The molecule has 0 bridgehead atoms. The van der Waals surface area contributed by atoms with Gasteiger partial charge in [0.05, 0.1) is 12.8 Å². The molecule has 0 unspecified atom stereocenters. The Balaban J connectivity index is 1.83. The highest BCUT2D eigenvalue weighted by Gasteiger charge is 2.16. The fourth-order valence-corrected chi connectivity index (χ4v) is 2.67. The first-order chi connectivity index (χ1) is 10.1. The molecule has 2 rings (SSSR count). The number of carbonyl (C=O) groups excluding carboxylic acids is 2. The van der Waals surface area contributed by atoms with E-state index in [0.29, 0.717) is 23.7 Å². The monoisotopic (exact) mass is 293 g/mol. The number of hydrogen-bond donors (Lipinski definition) is 2. The van der Waals surface area contributed by atoms with E-state index >= 15 is 0 Å². The van der Waals surface area contributed by atoms with Gasteiger partial charge in [0.2, 0.25) is 5.91 Å². The number of methoxy groups -OCH3 is 1. The predicted octanol–water partition coefficient (Wildman–Crippen LogP) is 1.53. The zero-order valence-electron chi connectivity index (χ0n) is 12.6. The minimum absolute atomic E-state index is 0.00412. The van der Waals surface area contributed by atoms with Crippen LogP contribution in [0.3, 0.4) is 0 Å². The molecule has 1 aliphatic rings. The second-order valence-electron chi connectivity index (χ2n) is 5.50. The number of hydrogen-bond acceptors (Lipinski definition) is 4. The third-order valence-corrected chi connectivity index (χ3v) is 3.92. The third kappa shape index (κ3) is 4.32. The van der Waals surface area contributed by atoms with Crippen molar-refractivity contribution < 1.29 is 14.3 Å². The van der Waals surface area contributed by atoms with E-state index in [4.69, 9.17) is 0 Å². The SMILES string of the molecule is COC(=O)c1cc(NC(=O)CCC2CCNCC2)cn1C. The van der Waals surface area contributed by atoms with E-state index in [0.717, 1.165) is 32.4 Å². The number of amides is 1. The van der Waals surface area contributed by atoms with E-state index in [2.05, 4.69) is 15.4 Å². The first-order valence-electron chi connectivity index (χ1n) is 7.35. The van der Waals surface area contributed by atoms with Gasteiger partial charge in [-0.15, -0.1) is 0 Å². The quantitative estimate of drug-likeness (QED) is 0.808. The Labute approximate surface area is 124 Å². The van der Waals surface area contributed by atoms with E-state index < -0.39 is 5.97 Å². The molecule has 0 radical (unpaired) electrons. The molecule has 2 heterocycles. The van der Waals surface area contributed by atoms with Crippen molar-refractivity contribution in [1.29, 1.82) is 0 Å². The van der Waals surface area contributed by atoms with Gasteiger partial charge in [0.25, 0.3) is 0 Å². The van der Waals surface area contributed by atoms with Crippen LogP contribution in [0.2, 0.25) is 0 Å². The van der Waals surface area contributed by atoms with Crippen molar-refractivity contribution in [3.05, 3.63) is 18.0 Å². The average molecular weight is 293 g/mol. The molecule has 116 valence electrons. The minimum Gasteiger partial charge on any atom is -0.464 e. The molecule has 0 atom stereocenters. The van der Waals surface area contributed by atoms with Crippen molar-refractivity contribution in [1.82, 2.24) is 9.88 Å². The number of rotatable bonds is 5. The third-order valence-electron chi connectivity index (χ3n) is 3.92. The van der Waals surface area contributed by atoms with E-state index in [9.17, 15) is 9.59 Å². The zero-order valence-corrected chi connectivity index (χ0v) is 12.6. The van der Waals surface area contributed by atoms with E-state index in [1.54, 1.807) is 23.9 Å². The minimum atomic E-state index is -0.410. The Kier molecular flexibility index (Phi) is 5.38. The van der Waals surface area contributed by atoms with Gasteiger partial charge in [-0.05, 0) is 44.3 Å². The van der Waals surface area contributed by atoms with Crippen molar-refractivity contribution in [2.24, 2.45) is 13.0 Å². The Bertz CT molecular complexity index is 504. The molecule has 1 fully saturated rings. The van der Waals surface area contributed by atoms with E-state index in [-0.39, 0.29) is 5.91 Å². The molecule has 1 aromatic rings. The number of piperidine rings is 1. The highest BCUT2D eigenvalue weighted by molar-refractivity contribution is 5.94. The van der Waals surface area contributed by atoms with Crippen molar-refractivity contribution in [2.45, 2.75) is 25.7 Å². The maximum absolute atomic E-state index is 12.0. The molecule has 6 heteroatoms. The molecule has 0 spiro atoms. The first-order valence-corrected chi connectivity index (χ1v) is 7.35. The van der Waals surface area contributed by atoms with Crippen LogP contribution < -0.4 is 10.6 Å². The van der Waals surface area contributed by atoms with Crippen molar-refractivity contribution in [3.63, 3.8) is 0 Å². The number of nitrogens with zero attached hydrogens (tertiary/aromatic N) is 1. The topological polar surface area (TPSA) is 72.4 Å². The summed E-state index contributed by atoms with van der Waals surface area (Å²) in [6.07, 6.45) is 5.45. The maximum Gasteiger partial charge on any atom is 0.354 e. The standard InChI is InChI=1S/C15H23N3O3/c1-18-10-12(9-13(18)15(20)21-2)17-14(19)4-3-11-5-7-16-8-6-11/h9-11,16H,3-8H2,1-2H3,(H,17,19). The highest BCUT2D eigenvalue weighted by Crippen LogP contribution is 2.19. The Morgan fingerprint density at radius 1 is 1.43 bits per heavy atom. The summed E-state index contributed by atoms with van der Waals surface area (Å²) in [5, 5.41) is 6.16. The van der Waals surface area contributed by atoms with Gasteiger partial charge in [-0.25, -0.2) is 4.79 Å². The number of aryl methyl sites for hydroxylation is 1. The molecular weight excluding hydrogens is 270 g/mol. The summed E-state index contributed by atoms with van der Waals surface area (Å²) in [7, 11) is 3.09. The lowest BCUT2D eigenvalue weighted by atomic mass is 9.93. The fraction of sp³-hybridized carbons (Fsp3) is 0.600. The number of ether oxygens (including phenoxy) is 1. The fourth-order valence-electron chi connectivity index (χ4n) is 2.67. The van der Waals surface area contributed by atoms with Gasteiger partial charge in [0.15, 0.2) is 0 Å². The van der Waals surface area contributed by atoms with Gasteiger partial charge < -0.3 is 19.9 Å². The van der Waals surface area contributed by atoms with E-state index in [1.165, 1.54) is 7.11 Å². The van der Waals surface area contributed by atoms with Crippen LogP contribution in [-0.4, -0.2) is 36.6 Å². The van der Waals surface area contributed by atoms with Crippen LogP contribution in [0.5, 0.6) is 0 Å². The second-order valence-corrected chi connectivity index (χ2v) is 5.50. The molecule has 1 aliphatic heterocycles. The number of anilines is 1. The van der Waals surface area contributed by atoms with Crippen LogP contribution in [0, 0.1) is 5.92 Å². The van der Waals surface area contributed by atoms with Gasteiger partial charge in [0.1, 0.15) is 5.69 Å². The molecule has 1 aromatic heterocycles. The van der Waals surface area contributed by atoms with Crippen molar-refractivity contribution in [2.75, 3.05) is 25.5 Å². The maximum atomic E-state index is 12.0. The predicted molar refractivity (Wildman–Crippen MR) is 80.2 cm³/mol. The lowest BCUT2D eigenvalue weighted by molar-refractivity contribution is -0.116. The van der Waals surface area contributed by atoms with Gasteiger partial charge in [0, 0.05) is 19.7 Å². The molecule has 0 aromatic carbocycles. The highest BCUT2D eigenvalue weighted by atomic mass is 16.5. The van der Waals surface area contributed by atoms with E-state index in [1.807, 2.05) is 0 Å². The van der Waals surface area contributed by atoms with Crippen LogP contribution in [0.25, 0.3) is 0 Å². The average Bonchev–Trinajstić information content (AvgIpc) is 2.86. The second kappa shape index (κ2) is 7.26. The van der Waals surface area contributed by atoms with Crippen LogP contribution in [0.1, 0.15) is 36.2 Å². The van der Waals surface area contributed by atoms with Crippen LogP contribution in [0.15, 0.2) is 12.3 Å². The molecule has 0 saturated carbocycles. The molecule has 6 nitrogen and oxygen atoms in total. The Morgan fingerprint density at radius 3 is 2.81 bits per heavy atom. The Morgan fingerprint density at radius 2 is 2.14 bits per heavy atom. The van der Waals surface area contributed by atoms with Crippen molar-refractivity contribution >= 4 is 17.6 Å². The molecule has 1 saturated heterocycles. The summed E-state index contributed by atoms with van der Waals surface area (Å²) < 4.78 is 6.33. The number of aromatic nitrogens is 1. The largest absolute Gasteiger partial charge is 0.464 e. The normalized spacial score (nSPS) is 15.7. The summed E-state index contributed by atoms with van der Waals surface area (Å²) in [4.78, 5) is 23.5. The van der Waals surface area contributed by atoms with Crippen LogP contribution in [0.4, 0.5) is 5.69 Å². The Hall–Kier alpha value is -1.82. The van der Waals surface area contributed by atoms with Crippen LogP contribution >= 0.6 is 0 Å². The summed E-state index contributed by atoms with van der Waals surface area (Å²) >= 11 is 0. The van der Waals surface area contributed by atoms with Crippen molar-refractivity contribution in [3.8, 4) is 0 Å². The number of esters is 1. The molecule has 2 N–H and O–H groups in total. The smallest absolute Gasteiger partial charge is 0.354 e. The zero-order chi connectivity index (χ0) is 15.2. The summed E-state index contributed by atoms with van der Waals surface area (Å²) in [6.45, 7) is 2.10. The lowest BCUT2D eigenvalue weighted by Gasteiger charge is -2.22. The summed E-state index contributed by atoms with van der Waals surface area (Å²) in [5.41, 5.74) is 1.05. The molecule has 0 aliphatic carbocycles. The van der Waals surface area contributed by atoms with Gasteiger partial charge in [-0.2, -0.15) is 0 Å². The van der Waals surface area contributed by atoms with Gasteiger partial charge >= 0.3 is 5.97 Å². The number of nitrogens with one attached hydrogen (secondary N) is 2. The number of carbonyl (C=O) groups is 2. The van der Waals surface area contributed by atoms with Gasteiger partial charge in [-0.1, -0.05) is 0 Å². The van der Waals surface area contributed by atoms with Gasteiger partial charge in [-0.3, -0.25) is 4.79 Å². The van der Waals surface area contributed by atoms with Crippen LogP contribution in [-0.2, 0) is 16.6 Å². The molecule has 21 heavy (non-hydrogen) atoms. The molecule has 1 amide bonds. The molecular formula is C15H23N3O3. The lowest BCUT2D eigenvalue weighted by Crippen LogP contribution is -2.28.